The van der Waals surface area contributed by atoms with E-state index < -0.39 is 0 Å². The van der Waals surface area contributed by atoms with E-state index in [4.69, 9.17) is 26.8 Å². The van der Waals surface area contributed by atoms with E-state index in [1.807, 2.05) is 49.4 Å². The predicted octanol–water partition coefficient (Wildman–Crippen LogP) is 3.82. The molecule has 1 atom stereocenters. The van der Waals surface area contributed by atoms with Crippen LogP contribution in [-0.2, 0) is 13.0 Å². The summed E-state index contributed by atoms with van der Waals surface area (Å²) in [7, 11) is 1.65. The monoisotopic (exact) mass is 305 g/mol. The van der Waals surface area contributed by atoms with Gasteiger partial charge in [-0.05, 0) is 54.8 Å². The molecule has 4 heteroatoms. The SMILES string of the molecule is COc1ccc(OCc2ccc(Cl)cc2)c(CC(C)N)c1. The van der Waals surface area contributed by atoms with Crippen LogP contribution in [0.25, 0.3) is 0 Å². The second kappa shape index (κ2) is 7.34. The molecule has 112 valence electrons. The van der Waals surface area contributed by atoms with E-state index in [2.05, 4.69) is 0 Å². The third kappa shape index (κ3) is 4.66. The molecule has 2 N–H and O–H groups in total. The Hall–Kier alpha value is -1.71. The van der Waals surface area contributed by atoms with Crippen LogP contribution < -0.4 is 15.2 Å². The summed E-state index contributed by atoms with van der Waals surface area (Å²) in [5.41, 5.74) is 8.02. The van der Waals surface area contributed by atoms with Gasteiger partial charge in [0.05, 0.1) is 7.11 Å². The summed E-state index contributed by atoms with van der Waals surface area (Å²) >= 11 is 5.88. The molecule has 2 rings (SSSR count). The van der Waals surface area contributed by atoms with Crippen molar-refractivity contribution in [1.82, 2.24) is 0 Å². The van der Waals surface area contributed by atoms with Crippen LogP contribution in [0.2, 0.25) is 5.02 Å². The zero-order chi connectivity index (χ0) is 15.2. The van der Waals surface area contributed by atoms with Crippen molar-refractivity contribution < 1.29 is 9.47 Å². The van der Waals surface area contributed by atoms with Crippen LogP contribution in [-0.4, -0.2) is 13.2 Å². The third-order valence-electron chi connectivity index (χ3n) is 3.12. The maximum atomic E-state index is 5.91. The molecular weight excluding hydrogens is 286 g/mol. The fourth-order valence-corrected chi connectivity index (χ4v) is 2.20. The Balaban J connectivity index is 2.12. The molecule has 0 radical (unpaired) electrons. The fourth-order valence-electron chi connectivity index (χ4n) is 2.07. The van der Waals surface area contributed by atoms with Crippen LogP contribution in [0.15, 0.2) is 42.5 Å². The Kier molecular flexibility index (Phi) is 5.48. The van der Waals surface area contributed by atoms with E-state index in [9.17, 15) is 0 Å². The zero-order valence-corrected chi connectivity index (χ0v) is 13.1. The Bertz CT molecular complexity index is 582. The van der Waals surface area contributed by atoms with E-state index in [-0.39, 0.29) is 6.04 Å². The van der Waals surface area contributed by atoms with Crippen LogP contribution in [0.4, 0.5) is 0 Å². The van der Waals surface area contributed by atoms with Crippen molar-refractivity contribution >= 4 is 11.6 Å². The lowest BCUT2D eigenvalue weighted by molar-refractivity contribution is 0.301. The largest absolute Gasteiger partial charge is 0.497 e. The molecule has 0 aliphatic carbocycles. The Morgan fingerprint density at radius 3 is 2.48 bits per heavy atom. The van der Waals surface area contributed by atoms with Crippen LogP contribution in [0, 0.1) is 0 Å². The van der Waals surface area contributed by atoms with Gasteiger partial charge in [0, 0.05) is 11.1 Å². The summed E-state index contributed by atoms with van der Waals surface area (Å²) in [6.07, 6.45) is 0.743. The van der Waals surface area contributed by atoms with Crippen molar-refractivity contribution in [2.75, 3.05) is 7.11 Å². The summed E-state index contributed by atoms with van der Waals surface area (Å²) in [5.74, 6) is 1.65. The lowest BCUT2D eigenvalue weighted by Gasteiger charge is -2.14. The van der Waals surface area contributed by atoms with Gasteiger partial charge in [0.1, 0.15) is 18.1 Å². The van der Waals surface area contributed by atoms with Crippen molar-refractivity contribution in [2.24, 2.45) is 5.73 Å². The molecular formula is C17H20ClNO2. The van der Waals surface area contributed by atoms with Gasteiger partial charge in [-0.15, -0.1) is 0 Å². The standard InChI is InChI=1S/C17H20ClNO2/c1-12(19)9-14-10-16(20-2)7-8-17(14)21-11-13-3-5-15(18)6-4-13/h3-8,10,12H,9,11,19H2,1-2H3. The van der Waals surface area contributed by atoms with Crippen LogP contribution >= 0.6 is 11.6 Å². The summed E-state index contributed by atoms with van der Waals surface area (Å²) in [4.78, 5) is 0. The highest BCUT2D eigenvalue weighted by Crippen LogP contribution is 2.26. The first-order valence-corrected chi connectivity index (χ1v) is 7.26. The average Bonchev–Trinajstić information content (AvgIpc) is 2.47. The van der Waals surface area contributed by atoms with E-state index in [0.29, 0.717) is 6.61 Å². The number of nitrogens with two attached hydrogens (primary N) is 1. The Morgan fingerprint density at radius 1 is 1.14 bits per heavy atom. The number of ether oxygens (including phenoxy) is 2. The second-order valence-corrected chi connectivity index (χ2v) is 5.51. The highest BCUT2D eigenvalue weighted by atomic mass is 35.5. The minimum atomic E-state index is 0.0648. The summed E-state index contributed by atoms with van der Waals surface area (Å²) in [5, 5.41) is 0.723. The number of hydrogen-bond acceptors (Lipinski definition) is 3. The van der Waals surface area contributed by atoms with Gasteiger partial charge < -0.3 is 15.2 Å². The molecule has 3 nitrogen and oxygen atoms in total. The smallest absolute Gasteiger partial charge is 0.123 e. The van der Waals surface area contributed by atoms with Gasteiger partial charge in [-0.3, -0.25) is 0 Å². The Labute approximate surface area is 130 Å². The topological polar surface area (TPSA) is 44.5 Å². The van der Waals surface area contributed by atoms with Crippen molar-refractivity contribution in [3.63, 3.8) is 0 Å². The maximum Gasteiger partial charge on any atom is 0.123 e. The minimum Gasteiger partial charge on any atom is -0.497 e. The normalized spacial score (nSPS) is 12.0. The maximum absolute atomic E-state index is 5.91. The van der Waals surface area contributed by atoms with Gasteiger partial charge in [-0.25, -0.2) is 0 Å². The number of methoxy groups -OCH3 is 1. The first-order chi connectivity index (χ1) is 10.1. The molecule has 0 aromatic heterocycles. The molecule has 0 aliphatic rings. The molecule has 1 unspecified atom stereocenters. The molecule has 2 aromatic carbocycles. The molecule has 0 saturated heterocycles. The molecule has 0 bridgehead atoms. The molecule has 2 aromatic rings. The summed E-state index contributed by atoms with van der Waals surface area (Å²) in [6.45, 7) is 2.47. The zero-order valence-electron chi connectivity index (χ0n) is 12.3. The van der Waals surface area contributed by atoms with Crippen LogP contribution in [0.1, 0.15) is 18.1 Å². The van der Waals surface area contributed by atoms with Gasteiger partial charge in [-0.2, -0.15) is 0 Å². The predicted molar refractivity (Wildman–Crippen MR) is 86.1 cm³/mol. The van der Waals surface area contributed by atoms with Crippen molar-refractivity contribution in [2.45, 2.75) is 26.0 Å². The van der Waals surface area contributed by atoms with Gasteiger partial charge >= 0.3 is 0 Å². The van der Waals surface area contributed by atoms with Crippen LogP contribution in [0.5, 0.6) is 11.5 Å². The number of benzene rings is 2. The quantitative estimate of drug-likeness (QED) is 0.882. The highest BCUT2D eigenvalue weighted by molar-refractivity contribution is 6.30. The highest BCUT2D eigenvalue weighted by Gasteiger charge is 2.08. The van der Waals surface area contributed by atoms with Gasteiger partial charge in [0.2, 0.25) is 0 Å². The molecule has 0 heterocycles. The first kappa shape index (κ1) is 15.7. The van der Waals surface area contributed by atoms with Gasteiger partial charge in [0.15, 0.2) is 0 Å². The van der Waals surface area contributed by atoms with E-state index in [1.54, 1.807) is 7.11 Å². The average molecular weight is 306 g/mol. The first-order valence-electron chi connectivity index (χ1n) is 6.88. The molecule has 0 saturated carbocycles. The van der Waals surface area contributed by atoms with Crippen molar-refractivity contribution in [1.29, 1.82) is 0 Å². The number of halogens is 1. The van der Waals surface area contributed by atoms with Crippen molar-refractivity contribution in [3.8, 4) is 11.5 Å². The second-order valence-electron chi connectivity index (χ2n) is 5.07. The summed E-state index contributed by atoms with van der Waals surface area (Å²) in [6, 6.07) is 13.5. The molecule has 0 fully saturated rings. The molecule has 0 spiro atoms. The fraction of sp³-hybridized carbons (Fsp3) is 0.294. The molecule has 21 heavy (non-hydrogen) atoms. The lowest BCUT2D eigenvalue weighted by Crippen LogP contribution is -2.18. The van der Waals surface area contributed by atoms with Gasteiger partial charge in [0.25, 0.3) is 0 Å². The van der Waals surface area contributed by atoms with Crippen molar-refractivity contribution in [3.05, 3.63) is 58.6 Å². The lowest BCUT2D eigenvalue weighted by atomic mass is 10.1. The Morgan fingerprint density at radius 2 is 1.86 bits per heavy atom. The van der Waals surface area contributed by atoms with E-state index in [1.165, 1.54) is 0 Å². The number of hydrogen-bond donors (Lipinski definition) is 1. The molecule has 0 amide bonds. The summed E-state index contributed by atoms with van der Waals surface area (Å²) < 4.78 is 11.2. The van der Waals surface area contributed by atoms with E-state index >= 15 is 0 Å². The third-order valence-corrected chi connectivity index (χ3v) is 3.37. The van der Waals surface area contributed by atoms with Crippen LogP contribution in [0.3, 0.4) is 0 Å². The van der Waals surface area contributed by atoms with E-state index in [0.717, 1.165) is 34.1 Å². The van der Waals surface area contributed by atoms with Gasteiger partial charge in [-0.1, -0.05) is 23.7 Å². The number of rotatable bonds is 6. The minimum absolute atomic E-state index is 0.0648. The molecule has 0 aliphatic heterocycles.